The number of rotatable bonds is 2. The number of carbonyl (C=O) groups is 1. The summed E-state index contributed by atoms with van der Waals surface area (Å²) in [5.74, 6) is -1.29. The van der Waals surface area contributed by atoms with Gasteiger partial charge in [0, 0.05) is 23.9 Å². The number of aromatic nitrogens is 1. The van der Waals surface area contributed by atoms with Crippen LogP contribution in [0, 0.1) is 5.92 Å². The lowest BCUT2D eigenvalue weighted by Crippen LogP contribution is -2.45. The fraction of sp³-hybridized carbons (Fsp3) is 0.462. The first-order valence-corrected chi connectivity index (χ1v) is 6.28. The summed E-state index contributed by atoms with van der Waals surface area (Å²) in [6.45, 7) is 3.05. The van der Waals surface area contributed by atoms with Crippen LogP contribution in [0.2, 0.25) is 0 Å². The highest BCUT2D eigenvalue weighted by molar-refractivity contribution is 5.94. The molecule has 1 aliphatic heterocycles. The van der Waals surface area contributed by atoms with Gasteiger partial charge in [-0.3, -0.25) is 9.78 Å². The lowest BCUT2D eigenvalue weighted by molar-refractivity contribution is -0.161. The number of alkyl halides is 3. The molecule has 0 radical (unpaired) electrons. The second-order valence-corrected chi connectivity index (χ2v) is 5.08. The second-order valence-electron chi connectivity index (χ2n) is 5.08. The maximum atomic E-state index is 12.9. The lowest BCUT2D eigenvalue weighted by atomic mass is 9.97. The van der Waals surface area contributed by atoms with Crippen molar-refractivity contribution in [2.45, 2.75) is 32.2 Å². The fourth-order valence-corrected chi connectivity index (χ4v) is 2.02. The minimum absolute atomic E-state index is 0.134. The zero-order valence-corrected chi connectivity index (χ0v) is 11.4. The summed E-state index contributed by atoms with van der Waals surface area (Å²) in [6.07, 6.45) is -2.85. The van der Waals surface area contributed by atoms with Gasteiger partial charge in [0.05, 0.1) is 6.42 Å². The number of hydrogen-bond donors (Lipinski definition) is 1. The van der Waals surface area contributed by atoms with Gasteiger partial charge in [0.25, 0.3) is 0 Å². The van der Waals surface area contributed by atoms with Crippen LogP contribution in [0.3, 0.4) is 0 Å². The molecule has 2 rings (SSSR count). The van der Waals surface area contributed by atoms with E-state index in [4.69, 9.17) is 0 Å². The largest absolute Gasteiger partial charge is 0.431 e. The molecule has 0 unspecified atom stereocenters. The molecule has 114 valence electrons. The van der Waals surface area contributed by atoms with E-state index in [0.717, 1.165) is 0 Å². The summed E-state index contributed by atoms with van der Waals surface area (Å²) in [4.78, 5) is 15.8. The Morgan fingerprint density at radius 2 is 1.95 bits per heavy atom. The van der Waals surface area contributed by atoms with E-state index in [2.05, 4.69) is 10.1 Å². The van der Waals surface area contributed by atoms with Crippen LogP contribution in [-0.4, -0.2) is 32.9 Å². The Labute approximate surface area is 119 Å². The first-order valence-electron chi connectivity index (χ1n) is 6.28. The second kappa shape index (κ2) is 5.10. The monoisotopic (exact) mass is 301 g/mol. The summed E-state index contributed by atoms with van der Waals surface area (Å²) < 4.78 is 38.6. The highest BCUT2D eigenvalue weighted by Gasteiger charge is 2.53. The SMILES string of the molecule is CC(C)C(=O)N1N=C(C(F)(F)F)C[C@]1(O)c1ccncc1. The molecule has 0 aliphatic carbocycles. The zero-order valence-electron chi connectivity index (χ0n) is 11.4. The molecule has 1 amide bonds. The standard InChI is InChI=1S/C13H14F3N3O2/c1-8(2)11(20)19-12(21,9-3-5-17-6-4-9)7-10(18-19)13(14,15)16/h3-6,8,21H,7H2,1-2H3/t12-/m0/s1. The van der Waals surface area contributed by atoms with Crippen molar-refractivity contribution in [2.24, 2.45) is 11.0 Å². The van der Waals surface area contributed by atoms with E-state index in [0.29, 0.717) is 5.01 Å². The number of halogens is 3. The number of nitrogens with zero attached hydrogens (tertiary/aromatic N) is 3. The lowest BCUT2D eigenvalue weighted by Gasteiger charge is -2.32. The fourth-order valence-electron chi connectivity index (χ4n) is 2.02. The van der Waals surface area contributed by atoms with E-state index in [-0.39, 0.29) is 5.56 Å². The van der Waals surface area contributed by atoms with Gasteiger partial charge >= 0.3 is 6.18 Å². The molecule has 0 bridgehead atoms. The van der Waals surface area contributed by atoms with Crippen LogP contribution in [0.25, 0.3) is 0 Å². The molecule has 1 aromatic rings. The van der Waals surface area contributed by atoms with Crippen LogP contribution in [0.5, 0.6) is 0 Å². The molecule has 21 heavy (non-hydrogen) atoms. The predicted molar refractivity (Wildman–Crippen MR) is 67.9 cm³/mol. The van der Waals surface area contributed by atoms with Gasteiger partial charge in [-0.05, 0) is 12.1 Å². The van der Waals surface area contributed by atoms with Crippen LogP contribution in [0.15, 0.2) is 29.6 Å². The van der Waals surface area contributed by atoms with Gasteiger partial charge in [-0.25, -0.2) is 0 Å². The maximum Gasteiger partial charge on any atom is 0.431 e. The van der Waals surface area contributed by atoms with Crippen LogP contribution >= 0.6 is 0 Å². The van der Waals surface area contributed by atoms with Crippen LogP contribution in [-0.2, 0) is 10.5 Å². The van der Waals surface area contributed by atoms with Crippen molar-refractivity contribution in [3.63, 3.8) is 0 Å². The van der Waals surface area contributed by atoms with Gasteiger partial charge in [-0.1, -0.05) is 13.8 Å². The van der Waals surface area contributed by atoms with E-state index >= 15 is 0 Å². The molecule has 0 saturated carbocycles. The third-order valence-electron chi connectivity index (χ3n) is 3.16. The van der Waals surface area contributed by atoms with Crippen molar-refractivity contribution < 1.29 is 23.1 Å². The number of aliphatic hydroxyl groups is 1. The van der Waals surface area contributed by atoms with Crippen molar-refractivity contribution in [1.29, 1.82) is 0 Å². The molecule has 0 aromatic carbocycles. The summed E-state index contributed by atoms with van der Waals surface area (Å²) in [5.41, 5.74) is -3.19. The topological polar surface area (TPSA) is 65.8 Å². The summed E-state index contributed by atoms with van der Waals surface area (Å²) >= 11 is 0. The molecule has 2 heterocycles. The third-order valence-corrected chi connectivity index (χ3v) is 3.16. The molecule has 0 saturated heterocycles. The molecular weight excluding hydrogens is 287 g/mol. The van der Waals surface area contributed by atoms with E-state index < -0.39 is 35.9 Å². The molecule has 1 atom stereocenters. The van der Waals surface area contributed by atoms with Crippen LogP contribution in [0.4, 0.5) is 13.2 Å². The summed E-state index contributed by atoms with van der Waals surface area (Å²) in [5, 5.41) is 14.5. The van der Waals surface area contributed by atoms with E-state index in [9.17, 15) is 23.1 Å². The van der Waals surface area contributed by atoms with E-state index in [1.807, 2.05) is 0 Å². The number of hydrogen-bond acceptors (Lipinski definition) is 4. The Kier molecular flexibility index (Phi) is 3.75. The smallest absolute Gasteiger partial charge is 0.365 e. The minimum atomic E-state index is -4.70. The predicted octanol–water partition coefficient (Wildman–Crippen LogP) is 2.03. The molecule has 1 N–H and O–H groups in total. The van der Waals surface area contributed by atoms with Crippen LogP contribution in [0.1, 0.15) is 25.8 Å². The third kappa shape index (κ3) is 2.76. The van der Waals surface area contributed by atoms with Gasteiger partial charge in [-0.2, -0.15) is 23.3 Å². The Morgan fingerprint density at radius 1 is 1.38 bits per heavy atom. The number of pyridine rings is 1. The van der Waals surface area contributed by atoms with Crippen molar-refractivity contribution >= 4 is 11.6 Å². The van der Waals surface area contributed by atoms with Gasteiger partial charge in [-0.15, -0.1) is 0 Å². The Balaban J connectivity index is 2.48. The van der Waals surface area contributed by atoms with Gasteiger partial charge in [0.2, 0.25) is 5.91 Å². The Bertz CT molecular complexity index is 572. The number of hydrazone groups is 1. The minimum Gasteiger partial charge on any atom is -0.365 e. The average Bonchev–Trinajstić information content (AvgIpc) is 2.78. The molecule has 8 heteroatoms. The highest BCUT2D eigenvalue weighted by Crippen LogP contribution is 2.40. The quantitative estimate of drug-likeness (QED) is 0.909. The van der Waals surface area contributed by atoms with Gasteiger partial charge in [0.15, 0.2) is 5.72 Å². The van der Waals surface area contributed by atoms with E-state index in [1.165, 1.54) is 38.4 Å². The van der Waals surface area contributed by atoms with Crippen molar-refractivity contribution in [1.82, 2.24) is 9.99 Å². The zero-order chi connectivity index (χ0) is 15.8. The average molecular weight is 301 g/mol. The van der Waals surface area contributed by atoms with Crippen molar-refractivity contribution in [3.8, 4) is 0 Å². The summed E-state index contributed by atoms with van der Waals surface area (Å²) in [6, 6.07) is 2.71. The molecule has 0 spiro atoms. The molecule has 1 aromatic heterocycles. The highest BCUT2D eigenvalue weighted by atomic mass is 19.4. The number of carbonyl (C=O) groups excluding carboxylic acids is 1. The normalized spacial score (nSPS) is 22.6. The van der Waals surface area contributed by atoms with Gasteiger partial charge < -0.3 is 5.11 Å². The summed E-state index contributed by atoms with van der Waals surface area (Å²) in [7, 11) is 0. The molecular formula is C13H14F3N3O2. The van der Waals surface area contributed by atoms with Crippen LogP contribution < -0.4 is 0 Å². The molecule has 5 nitrogen and oxygen atoms in total. The molecule has 1 aliphatic rings. The first-order chi connectivity index (χ1) is 9.66. The van der Waals surface area contributed by atoms with E-state index in [1.54, 1.807) is 0 Å². The first kappa shape index (κ1) is 15.4. The Hall–Kier alpha value is -1.96. The molecule has 0 fully saturated rings. The Morgan fingerprint density at radius 3 is 2.43 bits per heavy atom. The number of amides is 1. The van der Waals surface area contributed by atoms with Crippen molar-refractivity contribution in [3.05, 3.63) is 30.1 Å². The maximum absolute atomic E-state index is 12.9. The van der Waals surface area contributed by atoms with Crippen molar-refractivity contribution in [2.75, 3.05) is 0 Å². The van der Waals surface area contributed by atoms with Gasteiger partial charge in [0.1, 0.15) is 5.71 Å².